The minimum atomic E-state index is -1.03. The summed E-state index contributed by atoms with van der Waals surface area (Å²) >= 11 is 0. The van der Waals surface area contributed by atoms with Gasteiger partial charge in [0.1, 0.15) is 0 Å². The molecule has 0 unspecified atom stereocenters. The summed E-state index contributed by atoms with van der Waals surface area (Å²) in [4.78, 5) is 35.5. The molecule has 27 heavy (non-hydrogen) atoms. The molecule has 0 spiro atoms. The van der Waals surface area contributed by atoms with E-state index in [0.717, 1.165) is 5.56 Å². The van der Waals surface area contributed by atoms with Crippen molar-refractivity contribution in [3.8, 4) is 0 Å². The van der Waals surface area contributed by atoms with Crippen LogP contribution in [0.15, 0.2) is 42.5 Å². The Morgan fingerprint density at radius 3 is 2.33 bits per heavy atom. The second-order valence-corrected chi connectivity index (χ2v) is 7.46. The summed E-state index contributed by atoms with van der Waals surface area (Å²) in [6.07, 6.45) is 0.0547. The van der Waals surface area contributed by atoms with E-state index in [1.165, 1.54) is 12.1 Å². The number of carbonyl (C=O) groups excluding carboxylic acids is 2. The highest BCUT2D eigenvalue weighted by Crippen LogP contribution is 2.23. The van der Waals surface area contributed by atoms with Crippen LogP contribution >= 0.6 is 0 Å². The first-order valence-corrected chi connectivity index (χ1v) is 8.60. The molecule has 0 atom stereocenters. The van der Waals surface area contributed by atoms with Gasteiger partial charge in [-0.1, -0.05) is 39.0 Å². The van der Waals surface area contributed by atoms with Gasteiger partial charge in [0.05, 0.1) is 12.0 Å². The van der Waals surface area contributed by atoms with Gasteiger partial charge in [0.15, 0.2) is 0 Å². The molecule has 0 bridgehead atoms. The average Bonchev–Trinajstić information content (AvgIpc) is 2.57. The Kier molecular flexibility index (Phi) is 6.00. The number of hydrogen-bond donors (Lipinski definition) is 3. The molecule has 6 heteroatoms. The predicted octanol–water partition coefficient (Wildman–Crippen LogP) is 3.86. The van der Waals surface area contributed by atoms with Gasteiger partial charge in [-0.3, -0.25) is 9.59 Å². The third-order valence-electron chi connectivity index (χ3n) is 3.99. The molecular weight excluding hydrogens is 344 g/mol. The van der Waals surface area contributed by atoms with Crippen LogP contribution in [0.1, 0.15) is 42.3 Å². The number of carboxylic acid groups (broad SMARTS) is 1. The molecule has 0 saturated carbocycles. The van der Waals surface area contributed by atoms with E-state index in [2.05, 4.69) is 10.6 Å². The molecule has 0 radical (unpaired) electrons. The van der Waals surface area contributed by atoms with Gasteiger partial charge in [0, 0.05) is 16.8 Å². The fourth-order valence-corrected chi connectivity index (χ4v) is 2.35. The van der Waals surface area contributed by atoms with Gasteiger partial charge in [0.25, 0.3) is 0 Å². The van der Waals surface area contributed by atoms with E-state index < -0.39 is 11.4 Å². The van der Waals surface area contributed by atoms with E-state index >= 15 is 0 Å². The largest absolute Gasteiger partial charge is 0.478 e. The lowest BCUT2D eigenvalue weighted by Crippen LogP contribution is -2.27. The molecule has 0 aliphatic heterocycles. The average molecular weight is 368 g/mol. The number of carbonyl (C=O) groups is 3. The predicted molar refractivity (Wildman–Crippen MR) is 105 cm³/mol. The van der Waals surface area contributed by atoms with E-state index in [4.69, 9.17) is 5.11 Å². The summed E-state index contributed by atoms with van der Waals surface area (Å²) in [5.41, 5.74) is 2.29. The maximum absolute atomic E-state index is 12.4. The summed E-state index contributed by atoms with van der Waals surface area (Å²) in [7, 11) is 0. The van der Waals surface area contributed by atoms with E-state index in [-0.39, 0.29) is 23.8 Å². The number of rotatable bonds is 5. The Labute approximate surface area is 158 Å². The van der Waals surface area contributed by atoms with E-state index in [1.807, 2.05) is 33.8 Å². The van der Waals surface area contributed by atoms with Gasteiger partial charge >= 0.3 is 5.97 Å². The SMILES string of the molecule is Cc1ccc(NC(=O)C(C)(C)C)cc1NC(=O)Cc1cccc(C(=O)O)c1. The van der Waals surface area contributed by atoms with E-state index in [1.54, 1.807) is 24.3 Å². The number of benzene rings is 2. The maximum atomic E-state index is 12.4. The first-order valence-electron chi connectivity index (χ1n) is 8.60. The molecule has 0 heterocycles. The second-order valence-electron chi connectivity index (χ2n) is 7.46. The standard InChI is InChI=1S/C21H24N2O4/c1-13-8-9-16(22-20(27)21(2,3)4)12-17(13)23-18(24)11-14-6-5-7-15(10-14)19(25)26/h5-10,12H,11H2,1-4H3,(H,22,27)(H,23,24)(H,25,26). The first-order chi connectivity index (χ1) is 12.6. The molecule has 0 aromatic heterocycles. The summed E-state index contributed by atoms with van der Waals surface area (Å²) < 4.78 is 0. The van der Waals surface area contributed by atoms with Gasteiger partial charge in [-0.05, 0) is 42.3 Å². The van der Waals surface area contributed by atoms with Crippen molar-refractivity contribution in [2.75, 3.05) is 10.6 Å². The number of aryl methyl sites for hydroxylation is 1. The van der Waals surface area contributed by atoms with Crippen molar-refractivity contribution in [1.82, 2.24) is 0 Å². The van der Waals surface area contributed by atoms with Gasteiger partial charge in [-0.25, -0.2) is 4.79 Å². The molecule has 2 aromatic carbocycles. The van der Waals surface area contributed by atoms with Crippen molar-refractivity contribution in [3.05, 3.63) is 59.2 Å². The Morgan fingerprint density at radius 1 is 1.00 bits per heavy atom. The molecule has 0 aliphatic carbocycles. The van der Waals surface area contributed by atoms with Crippen LogP contribution in [0.4, 0.5) is 11.4 Å². The summed E-state index contributed by atoms with van der Waals surface area (Å²) in [5.74, 6) is -1.41. The van der Waals surface area contributed by atoms with Crippen molar-refractivity contribution in [1.29, 1.82) is 0 Å². The third kappa shape index (κ3) is 5.67. The fraction of sp³-hybridized carbons (Fsp3) is 0.286. The zero-order valence-corrected chi connectivity index (χ0v) is 15.9. The van der Waals surface area contributed by atoms with Crippen LogP contribution in [0.25, 0.3) is 0 Å². The number of hydrogen-bond acceptors (Lipinski definition) is 3. The van der Waals surface area contributed by atoms with Crippen LogP contribution in [-0.2, 0) is 16.0 Å². The van der Waals surface area contributed by atoms with Crippen molar-refractivity contribution in [2.45, 2.75) is 34.1 Å². The third-order valence-corrected chi connectivity index (χ3v) is 3.99. The topological polar surface area (TPSA) is 95.5 Å². The lowest BCUT2D eigenvalue weighted by atomic mass is 9.95. The highest BCUT2D eigenvalue weighted by Gasteiger charge is 2.21. The normalized spacial score (nSPS) is 11.0. The lowest BCUT2D eigenvalue weighted by molar-refractivity contribution is -0.123. The number of carboxylic acids is 1. The quantitative estimate of drug-likeness (QED) is 0.747. The van der Waals surface area contributed by atoms with Crippen LogP contribution in [0, 0.1) is 12.3 Å². The van der Waals surface area contributed by atoms with Gasteiger partial charge < -0.3 is 15.7 Å². The number of anilines is 2. The minimum absolute atomic E-state index is 0.0547. The molecule has 0 fully saturated rings. The molecule has 6 nitrogen and oxygen atoms in total. The first kappa shape index (κ1) is 20.2. The molecule has 3 N–H and O–H groups in total. The Balaban J connectivity index is 2.11. The number of amides is 2. The van der Waals surface area contributed by atoms with Gasteiger partial charge in [-0.2, -0.15) is 0 Å². The molecule has 0 saturated heterocycles. The summed E-state index contributed by atoms with van der Waals surface area (Å²) in [5, 5.41) is 14.7. The number of nitrogens with one attached hydrogen (secondary N) is 2. The van der Waals surface area contributed by atoms with Gasteiger partial charge in [0.2, 0.25) is 11.8 Å². The van der Waals surface area contributed by atoms with Gasteiger partial charge in [-0.15, -0.1) is 0 Å². The van der Waals surface area contributed by atoms with Crippen molar-refractivity contribution in [2.24, 2.45) is 5.41 Å². The van der Waals surface area contributed by atoms with Crippen molar-refractivity contribution >= 4 is 29.2 Å². The van der Waals surface area contributed by atoms with Crippen molar-refractivity contribution < 1.29 is 19.5 Å². The number of aromatic carboxylic acids is 1. The second kappa shape index (κ2) is 8.03. The molecular formula is C21H24N2O4. The highest BCUT2D eigenvalue weighted by molar-refractivity contribution is 5.97. The fourth-order valence-electron chi connectivity index (χ4n) is 2.35. The summed E-state index contributed by atoms with van der Waals surface area (Å²) in [6, 6.07) is 11.6. The lowest BCUT2D eigenvalue weighted by Gasteiger charge is -2.18. The zero-order valence-electron chi connectivity index (χ0n) is 15.9. The maximum Gasteiger partial charge on any atom is 0.335 e. The molecule has 0 aliphatic rings. The smallest absolute Gasteiger partial charge is 0.335 e. The van der Waals surface area contributed by atoms with Crippen LogP contribution < -0.4 is 10.6 Å². The van der Waals surface area contributed by atoms with Crippen LogP contribution in [0.2, 0.25) is 0 Å². The Hall–Kier alpha value is -3.15. The molecule has 2 aromatic rings. The zero-order chi connectivity index (χ0) is 20.2. The van der Waals surface area contributed by atoms with Crippen LogP contribution in [0.5, 0.6) is 0 Å². The van der Waals surface area contributed by atoms with Crippen molar-refractivity contribution in [3.63, 3.8) is 0 Å². The van der Waals surface area contributed by atoms with E-state index in [0.29, 0.717) is 16.9 Å². The highest BCUT2D eigenvalue weighted by atomic mass is 16.4. The molecule has 2 rings (SSSR count). The minimum Gasteiger partial charge on any atom is -0.478 e. The van der Waals surface area contributed by atoms with Crippen LogP contribution in [0.3, 0.4) is 0 Å². The van der Waals surface area contributed by atoms with E-state index in [9.17, 15) is 14.4 Å². The summed E-state index contributed by atoms with van der Waals surface area (Å²) in [6.45, 7) is 7.33. The molecule has 2 amide bonds. The Bertz CT molecular complexity index is 882. The Morgan fingerprint density at radius 2 is 1.70 bits per heavy atom. The van der Waals surface area contributed by atoms with Crippen LogP contribution in [-0.4, -0.2) is 22.9 Å². The monoisotopic (exact) mass is 368 g/mol. The molecule has 142 valence electrons.